The molecule has 0 aliphatic carbocycles. The Kier molecular flexibility index (Phi) is 3.00. The Labute approximate surface area is 116 Å². The first-order chi connectivity index (χ1) is 9.93. The molecule has 2 heterocycles. The zero-order valence-corrected chi connectivity index (χ0v) is 10.7. The van der Waals surface area contributed by atoms with Crippen molar-refractivity contribution < 1.29 is 22.1 Å². The molecule has 0 saturated heterocycles. The summed E-state index contributed by atoms with van der Waals surface area (Å²) >= 11 is 0. The van der Waals surface area contributed by atoms with Crippen molar-refractivity contribution in [1.82, 2.24) is 15.4 Å². The molecule has 3 rings (SSSR count). The van der Waals surface area contributed by atoms with Crippen LogP contribution in [0.5, 0.6) is 0 Å². The van der Waals surface area contributed by atoms with Crippen LogP contribution in [0.2, 0.25) is 0 Å². The molecule has 0 bridgehead atoms. The van der Waals surface area contributed by atoms with Gasteiger partial charge in [0.15, 0.2) is 5.69 Å². The van der Waals surface area contributed by atoms with Crippen molar-refractivity contribution in [1.29, 1.82) is 0 Å². The van der Waals surface area contributed by atoms with Gasteiger partial charge in [-0.2, -0.15) is 13.2 Å². The molecule has 1 aromatic carbocycles. The Hall–Kier alpha value is -2.64. The maximum Gasteiger partial charge on any atom is 0.416 e. The zero-order chi connectivity index (χ0) is 15.0. The Balaban J connectivity index is 1.90. The summed E-state index contributed by atoms with van der Waals surface area (Å²) in [6.45, 7) is 1.71. The second-order valence-corrected chi connectivity index (χ2v) is 4.31. The van der Waals surface area contributed by atoms with E-state index < -0.39 is 11.7 Å². The maximum atomic E-state index is 12.5. The first-order valence-corrected chi connectivity index (χ1v) is 5.88. The molecule has 0 N–H and O–H groups in total. The Morgan fingerprint density at radius 1 is 1.00 bits per heavy atom. The van der Waals surface area contributed by atoms with Crippen LogP contribution in [0.4, 0.5) is 13.2 Å². The van der Waals surface area contributed by atoms with Crippen molar-refractivity contribution in [3.63, 3.8) is 0 Å². The fourth-order valence-corrected chi connectivity index (χ4v) is 1.71. The molecule has 5 nitrogen and oxygen atoms in total. The molecular weight excluding hydrogens is 287 g/mol. The molecule has 0 aliphatic heterocycles. The van der Waals surface area contributed by atoms with Crippen LogP contribution >= 0.6 is 0 Å². The van der Waals surface area contributed by atoms with E-state index in [0.29, 0.717) is 17.0 Å². The van der Waals surface area contributed by atoms with Gasteiger partial charge in [0.2, 0.25) is 5.89 Å². The van der Waals surface area contributed by atoms with Gasteiger partial charge in [0.05, 0.1) is 5.56 Å². The molecule has 0 fully saturated rings. The SMILES string of the molecule is Cc1cc(-c2nnc(-c3ccc(C(F)(F)F)cc3)o2)no1. The molecular formula is C13H8F3N3O2. The third-order valence-corrected chi connectivity index (χ3v) is 2.73. The largest absolute Gasteiger partial charge is 0.416 e. The number of aromatic nitrogens is 3. The highest BCUT2D eigenvalue weighted by Crippen LogP contribution is 2.31. The molecule has 0 spiro atoms. The summed E-state index contributed by atoms with van der Waals surface area (Å²) in [4.78, 5) is 0. The van der Waals surface area contributed by atoms with E-state index in [1.54, 1.807) is 13.0 Å². The molecule has 8 heteroatoms. The normalized spacial score (nSPS) is 11.8. The van der Waals surface area contributed by atoms with E-state index in [-0.39, 0.29) is 11.8 Å². The number of benzene rings is 1. The number of nitrogens with zero attached hydrogens (tertiary/aromatic N) is 3. The summed E-state index contributed by atoms with van der Waals surface area (Å²) in [6, 6.07) is 6.07. The van der Waals surface area contributed by atoms with E-state index in [1.165, 1.54) is 12.1 Å². The summed E-state index contributed by atoms with van der Waals surface area (Å²) in [5.41, 5.74) is 0.0262. The highest BCUT2D eigenvalue weighted by atomic mass is 19.4. The van der Waals surface area contributed by atoms with E-state index >= 15 is 0 Å². The lowest BCUT2D eigenvalue weighted by molar-refractivity contribution is -0.137. The molecule has 0 radical (unpaired) electrons. The molecule has 21 heavy (non-hydrogen) atoms. The zero-order valence-electron chi connectivity index (χ0n) is 10.7. The lowest BCUT2D eigenvalue weighted by Gasteiger charge is -2.05. The molecule has 0 unspecified atom stereocenters. The molecule has 0 saturated carbocycles. The maximum absolute atomic E-state index is 12.5. The summed E-state index contributed by atoms with van der Waals surface area (Å²) in [6.07, 6.45) is -4.38. The number of rotatable bonds is 2. The van der Waals surface area contributed by atoms with Crippen molar-refractivity contribution in [3.05, 3.63) is 41.7 Å². The first kappa shape index (κ1) is 13.3. The van der Waals surface area contributed by atoms with Crippen molar-refractivity contribution in [3.8, 4) is 23.0 Å². The monoisotopic (exact) mass is 295 g/mol. The summed E-state index contributed by atoms with van der Waals surface area (Å²) in [7, 11) is 0. The minimum atomic E-state index is -4.38. The van der Waals surface area contributed by atoms with Crippen LogP contribution in [-0.4, -0.2) is 15.4 Å². The standard InChI is InChI=1S/C13H8F3N3O2/c1-7-6-10(19-21-7)12-18-17-11(20-12)8-2-4-9(5-3-8)13(14,15)16/h2-6H,1H3. The predicted molar refractivity (Wildman–Crippen MR) is 65.0 cm³/mol. The Bertz CT molecular complexity index is 760. The highest BCUT2D eigenvalue weighted by molar-refractivity contribution is 5.56. The van der Waals surface area contributed by atoms with Crippen LogP contribution < -0.4 is 0 Å². The van der Waals surface area contributed by atoms with Crippen LogP contribution in [0, 0.1) is 6.92 Å². The van der Waals surface area contributed by atoms with Crippen LogP contribution in [0.1, 0.15) is 11.3 Å². The molecule has 3 aromatic rings. The van der Waals surface area contributed by atoms with E-state index in [2.05, 4.69) is 15.4 Å². The van der Waals surface area contributed by atoms with Crippen LogP contribution in [0.25, 0.3) is 23.0 Å². The van der Waals surface area contributed by atoms with Crippen molar-refractivity contribution in [2.45, 2.75) is 13.1 Å². The highest BCUT2D eigenvalue weighted by Gasteiger charge is 2.30. The van der Waals surface area contributed by atoms with Gasteiger partial charge in [-0.05, 0) is 31.2 Å². The molecule has 0 aliphatic rings. The lowest BCUT2D eigenvalue weighted by atomic mass is 10.1. The number of aryl methyl sites for hydroxylation is 1. The smallest absolute Gasteiger partial charge is 0.414 e. The van der Waals surface area contributed by atoms with Crippen molar-refractivity contribution in [2.75, 3.05) is 0 Å². The van der Waals surface area contributed by atoms with Gasteiger partial charge in [-0.15, -0.1) is 10.2 Å². The van der Waals surface area contributed by atoms with Gasteiger partial charge in [-0.3, -0.25) is 0 Å². The minimum Gasteiger partial charge on any atom is -0.414 e. The van der Waals surface area contributed by atoms with Gasteiger partial charge < -0.3 is 8.94 Å². The van der Waals surface area contributed by atoms with Crippen molar-refractivity contribution in [2.24, 2.45) is 0 Å². The minimum absolute atomic E-state index is 0.111. The van der Waals surface area contributed by atoms with E-state index in [0.717, 1.165) is 12.1 Å². The predicted octanol–water partition coefficient (Wildman–Crippen LogP) is 3.72. The number of alkyl halides is 3. The van der Waals surface area contributed by atoms with Gasteiger partial charge in [0.1, 0.15) is 5.76 Å². The van der Waals surface area contributed by atoms with Gasteiger partial charge in [-0.1, -0.05) is 5.16 Å². The van der Waals surface area contributed by atoms with Crippen LogP contribution in [0.15, 0.2) is 39.3 Å². The molecule has 2 aromatic heterocycles. The van der Waals surface area contributed by atoms with E-state index in [4.69, 9.17) is 8.94 Å². The molecule has 0 atom stereocenters. The fourth-order valence-electron chi connectivity index (χ4n) is 1.71. The number of hydrogen-bond acceptors (Lipinski definition) is 5. The van der Waals surface area contributed by atoms with Gasteiger partial charge in [0, 0.05) is 11.6 Å². The summed E-state index contributed by atoms with van der Waals surface area (Å²) in [5, 5.41) is 11.3. The molecule has 0 amide bonds. The Morgan fingerprint density at radius 2 is 1.67 bits per heavy atom. The van der Waals surface area contributed by atoms with Crippen molar-refractivity contribution >= 4 is 0 Å². The summed E-state index contributed by atoms with van der Waals surface area (Å²) < 4.78 is 47.7. The number of hydrogen-bond donors (Lipinski definition) is 0. The summed E-state index contributed by atoms with van der Waals surface area (Å²) in [5.74, 6) is 0.834. The third kappa shape index (κ3) is 2.64. The van der Waals surface area contributed by atoms with Gasteiger partial charge in [0.25, 0.3) is 5.89 Å². The second kappa shape index (κ2) is 4.72. The lowest BCUT2D eigenvalue weighted by Crippen LogP contribution is -2.03. The van der Waals surface area contributed by atoms with E-state index in [1.807, 2.05) is 0 Å². The topological polar surface area (TPSA) is 65.0 Å². The Morgan fingerprint density at radius 3 is 2.24 bits per heavy atom. The average molecular weight is 295 g/mol. The average Bonchev–Trinajstić information content (AvgIpc) is 3.06. The quantitative estimate of drug-likeness (QED) is 0.721. The fraction of sp³-hybridized carbons (Fsp3) is 0.154. The van der Waals surface area contributed by atoms with Gasteiger partial charge in [-0.25, -0.2) is 0 Å². The second-order valence-electron chi connectivity index (χ2n) is 4.31. The van der Waals surface area contributed by atoms with E-state index in [9.17, 15) is 13.2 Å². The number of halogens is 3. The van der Waals surface area contributed by atoms with Crippen LogP contribution in [-0.2, 0) is 6.18 Å². The molecule has 108 valence electrons. The third-order valence-electron chi connectivity index (χ3n) is 2.73. The first-order valence-electron chi connectivity index (χ1n) is 5.88. The van der Waals surface area contributed by atoms with Gasteiger partial charge >= 0.3 is 6.18 Å². The van der Waals surface area contributed by atoms with Crippen LogP contribution in [0.3, 0.4) is 0 Å².